The van der Waals surface area contributed by atoms with Gasteiger partial charge in [-0.05, 0) is 18.4 Å². The van der Waals surface area contributed by atoms with Crippen LogP contribution in [-0.2, 0) is 18.3 Å². The molecule has 1 aromatic rings. The van der Waals surface area contributed by atoms with E-state index in [0.29, 0.717) is 19.4 Å². The summed E-state index contributed by atoms with van der Waals surface area (Å²) in [5, 5.41) is 18.5. The van der Waals surface area contributed by atoms with Crippen LogP contribution in [0.2, 0.25) is 0 Å². The summed E-state index contributed by atoms with van der Waals surface area (Å²) in [4.78, 5) is 22.7. The van der Waals surface area contributed by atoms with Gasteiger partial charge in [-0.2, -0.15) is 5.10 Å². The van der Waals surface area contributed by atoms with E-state index < -0.39 is 11.9 Å². The highest BCUT2D eigenvalue weighted by atomic mass is 16.4. The maximum absolute atomic E-state index is 11.6. The van der Waals surface area contributed by atoms with E-state index in [-0.39, 0.29) is 18.5 Å². The summed E-state index contributed by atoms with van der Waals surface area (Å²) in [6.07, 6.45) is 2.93. The summed E-state index contributed by atoms with van der Waals surface area (Å²) in [5.41, 5.74) is 1.03. The van der Waals surface area contributed by atoms with Gasteiger partial charge in [-0.15, -0.1) is 0 Å². The topological polar surface area (TPSA) is 96.3 Å². The van der Waals surface area contributed by atoms with Gasteiger partial charge in [0.1, 0.15) is 0 Å². The summed E-state index contributed by atoms with van der Waals surface area (Å²) in [6.45, 7) is 4.55. The third-order valence-corrected chi connectivity index (χ3v) is 3.20. The fourth-order valence-electron chi connectivity index (χ4n) is 2.07. The molecule has 1 aromatic heterocycles. The molecule has 0 aromatic carbocycles. The Bertz CT molecular complexity index is 471. The maximum atomic E-state index is 11.6. The number of carbonyl (C=O) groups is 2. The van der Waals surface area contributed by atoms with Crippen molar-refractivity contribution in [3.63, 3.8) is 0 Å². The van der Waals surface area contributed by atoms with Crippen molar-refractivity contribution in [2.45, 2.75) is 26.7 Å². The first-order valence-electron chi connectivity index (χ1n) is 7.11. The van der Waals surface area contributed by atoms with Gasteiger partial charge in [0, 0.05) is 38.4 Å². The first kappa shape index (κ1) is 17.0. The molecular formula is C14H24N4O3. The lowest BCUT2D eigenvalue weighted by Gasteiger charge is -2.15. The van der Waals surface area contributed by atoms with Crippen LogP contribution in [0.3, 0.4) is 0 Å². The highest BCUT2D eigenvalue weighted by molar-refractivity contribution is 5.75. The van der Waals surface area contributed by atoms with Crippen LogP contribution >= 0.6 is 0 Å². The molecule has 0 aliphatic heterocycles. The van der Waals surface area contributed by atoms with Gasteiger partial charge < -0.3 is 15.7 Å². The Hall–Kier alpha value is -2.05. The van der Waals surface area contributed by atoms with Crippen LogP contribution in [-0.4, -0.2) is 40.0 Å². The molecule has 118 valence electrons. The van der Waals surface area contributed by atoms with Gasteiger partial charge in [-0.25, -0.2) is 4.79 Å². The predicted octanol–water partition coefficient (Wildman–Crippen LogP) is 1.01. The zero-order valence-corrected chi connectivity index (χ0v) is 12.8. The molecule has 21 heavy (non-hydrogen) atoms. The molecule has 1 heterocycles. The summed E-state index contributed by atoms with van der Waals surface area (Å²) in [5.74, 6) is -1.15. The SMILES string of the molecule is CC(C)CC(CNC(=O)NCCc1ccnn1C)C(=O)O. The minimum atomic E-state index is -0.876. The maximum Gasteiger partial charge on any atom is 0.314 e. The first-order valence-corrected chi connectivity index (χ1v) is 7.11. The fourth-order valence-corrected chi connectivity index (χ4v) is 2.07. The third kappa shape index (κ3) is 6.29. The van der Waals surface area contributed by atoms with Crippen molar-refractivity contribution >= 4 is 12.0 Å². The molecule has 7 nitrogen and oxygen atoms in total. The number of nitrogens with one attached hydrogen (secondary N) is 2. The van der Waals surface area contributed by atoms with Crippen molar-refractivity contribution in [3.8, 4) is 0 Å². The molecule has 0 saturated heterocycles. The second-order valence-electron chi connectivity index (χ2n) is 5.50. The van der Waals surface area contributed by atoms with Crippen molar-refractivity contribution in [2.75, 3.05) is 13.1 Å². The summed E-state index contributed by atoms with van der Waals surface area (Å²) in [7, 11) is 1.85. The zero-order valence-electron chi connectivity index (χ0n) is 12.8. The highest BCUT2D eigenvalue weighted by Gasteiger charge is 2.19. The second kappa shape index (κ2) is 8.28. The van der Waals surface area contributed by atoms with E-state index in [1.165, 1.54) is 0 Å². The molecule has 0 saturated carbocycles. The molecule has 0 aliphatic rings. The number of carbonyl (C=O) groups excluding carboxylic acids is 1. The molecule has 1 unspecified atom stereocenters. The first-order chi connectivity index (χ1) is 9.90. The standard InChI is InChI=1S/C14H24N4O3/c1-10(2)8-11(13(19)20)9-16-14(21)15-6-4-12-5-7-17-18(12)3/h5,7,10-11H,4,6,8-9H2,1-3H3,(H,19,20)(H2,15,16,21). The van der Waals surface area contributed by atoms with E-state index in [4.69, 9.17) is 5.11 Å². The highest BCUT2D eigenvalue weighted by Crippen LogP contribution is 2.10. The van der Waals surface area contributed by atoms with Crippen molar-refractivity contribution in [1.29, 1.82) is 0 Å². The smallest absolute Gasteiger partial charge is 0.314 e. The lowest BCUT2D eigenvalue weighted by molar-refractivity contribution is -0.142. The average molecular weight is 296 g/mol. The number of aromatic nitrogens is 2. The number of aryl methyl sites for hydroxylation is 1. The molecule has 2 amide bonds. The van der Waals surface area contributed by atoms with Crippen LogP contribution in [0, 0.1) is 11.8 Å². The zero-order chi connectivity index (χ0) is 15.8. The van der Waals surface area contributed by atoms with Gasteiger partial charge in [-0.3, -0.25) is 9.48 Å². The Balaban J connectivity index is 2.26. The second-order valence-corrected chi connectivity index (χ2v) is 5.50. The molecule has 0 bridgehead atoms. The quantitative estimate of drug-likeness (QED) is 0.667. The Morgan fingerprint density at radius 1 is 1.38 bits per heavy atom. The van der Waals surface area contributed by atoms with Crippen LogP contribution in [0.1, 0.15) is 26.0 Å². The lowest BCUT2D eigenvalue weighted by atomic mass is 9.97. The van der Waals surface area contributed by atoms with Gasteiger partial charge in [0.05, 0.1) is 5.92 Å². The number of hydrogen-bond donors (Lipinski definition) is 3. The normalized spacial score (nSPS) is 12.2. The summed E-state index contributed by atoms with van der Waals surface area (Å²) < 4.78 is 1.75. The van der Waals surface area contributed by atoms with Gasteiger partial charge in [0.2, 0.25) is 0 Å². The molecular weight excluding hydrogens is 272 g/mol. The number of nitrogens with zero attached hydrogens (tertiary/aromatic N) is 2. The Morgan fingerprint density at radius 2 is 2.10 bits per heavy atom. The van der Waals surface area contributed by atoms with Crippen LogP contribution < -0.4 is 10.6 Å². The fraction of sp³-hybridized carbons (Fsp3) is 0.643. The number of aliphatic carboxylic acids is 1. The molecule has 1 rings (SSSR count). The largest absolute Gasteiger partial charge is 0.481 e. The monoisotopic (exact) mass is 296 g/mol. The predicted molar refractivity (Wildman–Crippen MR) is 78.9 cm³/mol. The molecule has 1 atom stereocenters. The third-order valence-electron chi connectivity index (χ3n) is 3.20. The molecule has 3 N–H and O–H groups in total. The Morgan fingerprint density at radius 3 is 2.62 bits per heavy atom. The number of amides is 2. The molecule has 0 aliphatic carbocycles. The van der Waals surface area contributed by atoms with E-state index >= 15 is 0 Å². The van der Waals surface area contributed by atoms with E-state index in [1.54, 1.807) is 10.9 Å². The summed E-state index contributed by atoms with van der Waals surface area (Å²) >= 11 is 0. The Labute approximate surface area is 124 Å². The minimum Gasteiger partial charge on any atom is -0.481 e. The van der Waals surface area contributed by atoms with Gasteiger partial charge in [0.15, 0.2) is 0 Å². The van der Waals surface area contributed by atoms with Crippen molar-refractivity contribution in [3.05, 3.63) is 18.0 Å². The number of rotatable bonds is 8. The minimum absolute atomic E-state index is 0.144. The van der Waals surface area contributed by atoms with Gasteiger partial charge in [-0.1, -0.05) is 13.8 Å². The number of carboxylic acid groups (broad SMARTS) is 1. The van der Waals surface area contributed by atoms with Crippen molar-refractivity contribution in [1.82, 2.24) is 20.4 Å². The van der Waals surface area contributed by atoms with E-state index in [0.717, 1.165) is 5.69 Å². The summed E-state index contributed by atoms with van der Waals surface area (Å²) in [6, 6.07) is 1.55. The van der Waals surface area contributed by atoms with Crippen LogP contribution in [0.25, 0.3) is 0 Å². The molecule has 7 heteroatoms. The van der Waals surface area contributed by atoms with E-state index in [1.807, 2.05) is 27.0 Å². The van der Waals surface area contributed by atoms with Crippen molar-refractivity contribution in [2.24, 2.45) is 18.9 Å². The molecule has 0 radical (unpaired) electrons. The van der Waals surface area contributed by atoms with E-state index in [9.17, 15) is 9.59 Å². The van der Waals surface area contributed by atoms with Gasteiger partial charge in [0.25, 0.3) is 0 Å². The average Bonchev–Trinajstić information content (AvgIpc) is 2.79. The molecule has 0 fully saturated rings. The van der Waals surface area contributed by atoms with Gasteiger partial charge >= 0.3 is 12.0 Å². The van der Waals surface area contributed by atoms with Crippen molar-refractivity contribution < 1.29 is 14.7 Å². The van der Waals surface area contributed by atoms with Crippen LogP contribution in [0.4, 0.5) is 4.79 Å². The Kier molecular flexibility index (Phi) is 6.71. The van der Waals surface area contributed by atoms with E-state index in [2.05, 4.69) is 15.7 Å². The number of carboxylic acids is 1. The molecule has 0 spiro atoms. The number of urea groups is 1. The van der Waals surface area contributed by atoms with Crippen LogP contribution in [0.5, 0.6) is 0 Å². The number of hydrogen-bond acceptors (Lipinski definition) is 3. The van der Waals surface area contributed by atoms with Crippen LogP contribution in [0.15, 0.2) is 12.3 Å². The lowest BCUT2D eigenvalue weighted by Crippen LogP contribution is -2.41.